The van der Waals surface area contributed by atoms with Crippen molar-refractivity contribution in [1.29, 1.82) is 0 Å². The maximum atomic E-state index is 14.9. The van der Waals surface area contributed by atoms with E-state index in [1.807, 2.05) is 4.90 Å². The fourth-order valence-corrected chi connectivity index (χ4v) is 6.58. The Balaban J connectivity index is 0.000000374. The van der Waals surface area contributed by atoms with Gasteiger partial charge in [-0.05, 0) is 63.9 Å². The lowest BCUT2D eigenvalue weighted by Crippen LogP contribution is -2.62. The van der Waals surface area contributed by atoms with E-state index in [2.05, 4.69) is 33.7 Å². The van der Waals surface area contributed by atoms with Crippen molar-refractivity contribution in [2.24, 2.45) is 5.92 Å². The first-order chi connectivity index (χ1) is 19.3. The molecule has 1 aromatic heterocycles. The highest BCUT2D eigenvalue weighted by Gasteiger charge is 2.46. The molecule has 3 aromatic rings. The minimum absolute atomic E-state index is 0. The van der Waals surface area contributed by atoms with E-state index in [4.69, 9.17) is 0 Å². The molecule has 0 unspecified atom stereocenters. The first-order valence-electron chi connectivity index (χ1n) is 13.2. The lowest BCUT2D eigenvalue weighted by Gasteiger charge is -2.55. The maximum absolute atomic E-state index is 14.9. The van der Waals surface area contributed by atoms with Crippen molar-refractivity contribution >= 4 is 21.5 Å². The number of piperidine rings is 1. The van der Waals surface area contributed by atoms with E-state index >= 15 is 0 Å². The molecule has 1 aliphatic carbocycles. The molecule has 41 heavy (non-hydrogen) atoms. The fourth-order valence-electron chi connectivity index (χ4n) is 5.45. The van der Waals surface area contributed by atoms with E-state index in [1.165, 1.54) is 43.7 Å². The van der Waals surface area contributed by atoms with Crippen LogP contribution in [-0.4, -0.2) is 56.0 Å². The van der Waals surface area contributed by atoms with Gasteiger partial charge in [0.15, 0.2) is 4.90 Å². The highest BCUT2D eigenvalue weighted by atomic mass is 32.2. The SMILES string of the molecule is CN(C)[C@]1(C2CCC2)CCCN(c2cc(F)c(S(=O)(=O)Nc3ccncn3)c(F)c2)C1.FC(F)(F)c1ccccc1.[HH]. The van der Waals surface area contributed by atoms with Crippen LogP contribution in [0.3, 0.4) is 0 Å². The molecule has 0 amide bonds. The van der Waals surface area contributed by atoms with Gasteiger partial charge in [0.2, 0.25) is 0 Å². The summed E-state index contributed by atoms with van der Waals surface area (Å²) in [5.41, 5.74) is -0.279. The second-order valence-corrected chi connectivity index (χ2v) is 12.1. The number of alkyl halides is 3. The number of nitrogens with zero attached hydrogens (tertiary/aromatic N) is 4. The van der Waals surface area contributed by atoms with Crippen LogP contribution in [0.2, 0.25) is 0 Å². The normalized spacial score (nSPS) is 19.8. The van der Waals surface area contributed by atoms with Crippen LogP contribution < -0.4 is 9.62 Å². The number of nitrogens with one attached hydrogen (secondary N) is 1. The van der Waals surface area contributed by atoms with Gasteiger partial charge in [-0.25, -0.2) is 27.2 Å². The molecule has 1 atom stereocenters. The molecule has 1 saturated heterocycles. The Morgan fingerprint density at radius 3 is 2.20 bits per heavy atom. The fraction of sp³-hybridized carbons (Fsp3) is 0.429. The summed E-state index contributed by atoms with van der Waals surface area (Å²) >= 11 is 0. The van der Waals surface area contributed by atoms with Crippen LogP contribution >= 0.6 is 0 Å². The summed E-state index contributed by atoms with van der Waals surface area (Å²) in [6.07, 6.45) is 3.77. The Bertz CT molecular complexity index is 1400. The van der Waals surface area contributed by atoms with E-state index in [1.54, 1.807) is 6.07 Å². The number of likely N-dealkylation sites (N-methyl/N-ethyl adjacent to an activating group) is 1. The van der Waals surface area contributed by atoms with Gasteiger partial charge in [-0.2, -0.15) is 13.2 Å². The minimum Gasteiger partial charge on any atom is -0.369 e. The third-order valence-corrected chi connectivity index (χ3v) is 9.20. The average molecular weight is 600 g/mol. The first kappa shape index (κ1) is 30.6. The van der Waals surface area contributed by atoms with Gasteiger partial charge >= 0.3 is 6.18 Å². The van der Waals surface area contributed by atoms with Crippen LogP contribution in [0.4, 0.5) is 33.5 Å². The molecule has 1 saturated carbocycles. The number of rotatable bonds is 6. The van der Waals surface area contributed by atoms with Crippen molar-refractivity contribution in [2.45, 2.75) is 48.7 Å². The molecule has 7 nitrogen and oxygen atoms in total. The lowest BCUT2D eigenvalue weighted by atomic mass is 9.66. The van der Waals surface area contributed by atoms with Gasteiger partial charge in [-0.3, -0.25) is 4.72 Å². The molecular formula is C28H34F5N5O2S. The minimum atomic E-state index is -4.48. The van der Waals surface area contributed by atoms with Gasteiger partial charge in [0.05, 0.1) is 5.56 Å². The van der Waals surface area contributed by atoms with Crippen LogP contribution in [0.1, 0.15) is 39.1 Å². The highest BCUT2D eigenvalue weighted by molar-refractivity contribution is 7.92. The Labute approximate surface area is 238 Å². The summed E-state index contributed by atoms with van der Waals surface area (Å²) in [4.78, 5) is 10.6. The van der Waals surface area contributed by atoms with Crippen molar-refractivity contribution in [3.63, 3.8) is 0 Å². The zero-order valence-electron chi connectivity index (χ0n) is 22.7. The smallest absolute Gasteiger partial charge is 0.369 e. The standard InChI is InChI=1S/C21H27F2N5O2S.C7H5F3.H2/c1-27(2)21(15-5-3-6-15)8-4-10-28(13-21)16-11-17(22)20(18(23)12-16)31(29,30)26-19-7-9-24-14-25-19;8-7(9,10)6-4-2-1-3-5-6;/h7,9,11-12,14-15H,3-6,8,10,13H2,1-2H3,(H,24,25,26);1-5H;1H/t21-;;/m1../s1. The largest absolute Gasteiger partial charge is 0.416 e. The first-order valence-corrected chi connectivity index (χ1v) is 14.6. The summed E-state index contributed by atoms with van der Waals surface area (Å²) in [5, 5.41) is 0. The number of sulfonamides is 1. The summed E-state index contributed by atoms with van der Waals surface area (Å²) in [7, 11) is -0.350. The lowest BCUT2D eigenvalue weighted by molar-refractivity contribution is -0.137. The van der Waals surface area contributed by atoms with Crippen molar-refractivity contribution in [1.82, 2.24) is 14.9 Å². The highest BCUT2D eigenvalue weighted by Crippen LogP contribution is 2.45. The molecule has 5 rings (SSSR count). The molecule has 0 radical (unpaired) electrons. The number of hydrogen-bond acceptors (Lipinski definition) is 6. The van der Waals surface area contributed by atoms with Gasteiger partial charge in [0.1, 0.15) is 23.8 Å². The van der Waals surface area contributed by atoms with E-state index in [0.29, 0.717) is 24.7 Å². The maximum Gasteiger partial charge on any atom is 0.416 e. The Hall–Kier alpha value is -3.32. The molecule has 2 heterocycles. The van der Waals surface area contributed by atoms with Gasteiger partial charge < -0.3 is 9.80 Å². The number of hydrogen-bond donors (Lipinski definition) is 1. The number of aromatic nitrogens is 2. The van der Waals surface area contributed by atoms with Gasteiger partial charge in [0.25, 0.3) is 10.0 Å². The third-order valence-electron chi connectivity index (χ3n) is 7.80. The number of benzene rings is 2. The topological polar surface area (TPSA) is 78.4 Å². The number of anilines is 2. The monoisotopic (exact) mass is 599 g/mol. The molecule has 0 bridgehead atoms. The Morgan fingerprint density at radius 2 is 1.71 bits per heavy atom. The molecule has 2 fully saturated rings. The zero-order chi connectivity index (χ0) is 29.8. The predicted octanol–water partition coefficient (Wildman–Crippen LogP) is 6.21. The molecule has 13 heteroatoms. The van der Waals surface area contributed by atoms with Crippen LogP contribution in [0.15, 0.2) is 66.0 Å². The van der Waals surface area contributed by atoms with Crippen molar-refractivity contribution in [3.8, 4) is 0 Å². The third kappa shape index (κ3) is 6.95. The van der Waals surface area contributed by atoms with Crippen LogP contribution in [-0.2, 0) is 16.2 Å². The summed E-state index contributed by atoms with van der Waals surface area (Å²) in [6, 6.07) is 9.89. The van der Waals surface area contributed by atoms with Crippen LogP contribution in [0, 0.1) is 17.6 Å². The number of halogens is 5. The Morgan fingerprint density at radius 1 is 1.05 bits per heavy atom. The van der Waals surface area contributed by atoms with Gasteiger partial charge in [0, 0.05) is 31.9 Å². The molecule has 2 aliphatic rings. The van der Waals surface area contributed by atoms with Crippen molar-refractivity contribution < 1.29 is 31.8 Å². The zero-order valence-corrected chi connectivity index (χ0v) is 23.5. The summed E-state index contributed by atoms with van der Waals surface area (Å²) in [5.74, 6) is -1.75. The molecule has 224 valence electrons. The molecule has 1 N–H and O–H groups in total. The van der Waals surface area contributed by atoms with E-state index < -0.39 is 38.3 Å². The molecule has 0 spiro atoms. The van der Waals surface area contributed by atoms with Gasteiger partial charge in [-0.1, -0.05) is 36.8 Å². The van der Waals surface area contributed by atoms with Crippen LogP contribution in [0.25, 0.3) is 0 Å². The second kappa shape index (κ2) is 12.3. The quantitative estimate of drug-likeness (QED) is 0.340. The summed E-state index contributed by atoms with van der Waals surface area (Å²) in [6.45, 7) is 1.33. The van der Waals surface area contributed by atoms with Crippen molar-refractivity contribution in [3.05, 3.63) is 78.3 Å². The van der Waals surface area contributed by atoms with Crippen LogP contribution in [0.5, 0.6) is 0 Å². The molecule has 1 aliphatic heterocycles. The van der Waals surface area contributed by atoms with E-state index in [0.717, 1.165) is 43.4 Å². The van der Waals surface area contributed by atoms with Crippen molar-refractivity contribution in [2.75, 3.05) is 36.8 Å². The Kier molecular flexibility index (Phi) is 9.17. The van der Waals surface area contributed by atoms with Gasteiger partial charge in [-0.15, -0.1) is 0 Å². The summed E-state index contributed by atoms with van der Waals surface area (Å²) < 4.78 is 92.5. The second-order valence-electron chi connectivity index (χ2n) is 10.5. The molecular weight excluding hydrogens is 565 g/mol. The average Bonchev–Trinajstić information content (AvgIpc) is 2.88. The van der Waals surface area contributed by atoms with E-state index in [-0.39, 0.29) is 12.8 Å². The van der Waals surface area contributed by atoms with E-state index in [9.17, 15) is 30.4 Å². The predicted molar refractivity (Wildman–Crippen MR) is 148 cm³/mol. The molecule has 2 aromatic carbocycles.